The number of amides is 2. The van der Waals surface area contributed by atoms with Crippen molar-refractivity contribution in [3.8, 4) is 11.5 Å². The van der Waals surface area contributed by atoms with Crippen LogP contribution in [-0.4, -0.2) is 36.2 Å². The van der Waals surface area contributed by atoms with E-state index in [2.05, 4.69) is 52.9 Å². The minimum absolute atomic E-state index is 0.0357. The zero-order valence-corrected chi connectivity index (χ0v) is 26.8. The summed E-state index contributed by atoms with van der Waals surface area (Å²) < 4.78 is 12.5. The molecule has 228 valence electrons. The lowest BCUT2D eigenvalue weighted by atomic mass is 10.2. The molecule has 4 aromatic rings. The van der Waals surface area contributed by atoms with Crippen molar-refractivity contribution in [3.63, 3.8) is 0 Å². The van der Waals surface area contributed by atoms with Crippen molar-refractivity contribution < 1.29 is 28.7 Å². The summed E-state index contributed by atoms with van der Waals surface area (Å²) in [5, 5.41) is 7.92. The highest BCUT2D eigenvalue weighted by atomic mass is 79.9. The van der Waals surface area contributed by atoms with Crippen molar-refractivity contribution in [1.29, 1.82) is 0 Å². The third-order valence-corrected chi connectivity index (χ3v) is 6.95. The Morgan fingerprint density at radius 2 is 1.00 bits per heavy atom. The van der Waals surface area contributed by atoms with Gasteiger partial charge in [-0.3, -0.25) is 9.59 Å². The fourth-order valence-electron chi connectivity index (χ4n) is 3.76. The van der Waals surface area contributed by atoms with Gasteiger partial charge in [0.25, 0.3) is 0 Å². The van der Waals surface area contributed by atoms with Crippen LogP contribution in [0.1, 0.15) is 51.1 Å². The van der Waals surface area contributed by atoms with Crippen LogP contribution >= 0.6 is 31.9 Å². The van der Waals surface area contributed by atoms with E-state index in [-0.39, 0.29) is 30.8 Å². The van der Waals surface area contributed by atoms with Crippen molar-refractivity contribution in [2.45, 2.75) is 19.3 Å². The van der Waals surface area contributed by atoms with Crippen LogP contribution in [0.3, 0.4) is 0 Å². The SMILES string of the molecule is O=C(CCCC(=O)NN=Cc1cc(Br)ccc1OC(=O)c1ccccc1)NN=Cc1cc(Br)ccc1OC(=O)c1ccccc1. The summed E-state index contributed by atoms with van der Waals surface area (Å²) in [5.74, 6) is -1.32. The fourth-order valence-corrected chi connectivity index (χ4v) is 4.52. The molecule has 0 bridgehead atoms. The predicted molar refractivity (Wildman–Crippen MR) is 176 cm³/mol. The summed E-state index contributed by atoms with van der Waals surface area (Å²) in [6, 6.07) is 27.2. The highest BCUT2D eigenvalue weighted by molar-refractivity contribution is 9.10. The molecule has 45 heavy (non-hydrogen) atoms. The minimum Gasteiger partial charge on any atom is -0.422 e. The zero-order valence-electron chi connectivity index (χ0n) is 23.6. The Kier molecular flexibility index (Phi) is 12.3. The molecule has 0 aliphatic heterocycles. The van der Waals surface area contributed by atoms with E-state index in [1.807, 2.05) is 0 Å². The van der Waals surface area contributed by atoms with Crippen LogP contribution in [0.4, 0.5) is 0 Å². The lowest BCUT2D eigenvalue weighted by Gasteiger charge is -2.08. The molecular formula is C33H26Br2N4O6. The smallest absolute Gasteiger partial charge is 0.343 e. The van der Waals surface area contributed by atoms with Crippen molar-refractivity contribution in [1.82, 2.24) is 10.9 Å². The molecule has 2 amide bonds. The first-order valence-electron chi connectivity index (χ1n) is 13.6. The first kappa shape index (κ1) is 33.0. The average Bonchev–Trinajstić information content (AvgIpc) is 3.04. The number of hydrogen-bond acceptors (Lipinski definition) is 8. The van der Waals surface area contributed by atoms with E-state index in [0.29, 0.717) is 22.3 Å². The Labute approximate surface area is 275 Å². The second kappa shape index (κ2) is 16.8. The second-order valence-electron chi connectivity index (χ2n) is 9.32. The van der Waals surface area contributed by atoms with Crippen molar-refractivity contribution in [3.05, 3.63) is 128 Å². The van der Waals surface area contributed by atoms with Crippen LogP contribution in [0.5, 0.6) is 11.5 Å². The van der Waals surface area contributed by atoms with Crippen LogP contribution in [0, 0.1) is 0 Å². The molecule has 12 heteroatoms. The Morgan fingerprint density at radius 3 is 1.40 bits per heavy atom. The van der Waals surface area contributed by atoms with E-state index in [0.717, 1.165) is 8.95 Å². The Bertz CT molecular complexity index is 1600. The van der Waals surface area contributed by atoms with Gasteiger partial charge >= 0.3 is 11.9 Å². The number of esters is 2. The number of hydrogen-bond donors (Lipinski definition) is 2. The third-order valence-electron chi connectivity index (χ3n) is 5.96. The molecule has 0 saturated heterocycles. The normalized spacial score (nSPS) is 10.9. The fraction of sp³-hybridized carbons (Fsp3) is 0.0909. The van der Waals surface area contributed by atoms with E-state index in [1.54, 1.807) is 97.1 Å². The maximum atomic E-state index is 12.5. The Balaban J connectivity index is 1.23. The minimum atomic E-state index is -0.525. The monoisotopic (exact) mass is 732 g/mol. The molecule has 0 aromatic heterocycles. The summed E-state index contributed by atoms with van der Waals surface area (Å²) in [4.78, 5) is 49.4. The van der Waals surface area contributed by atoms with Crippen LogP contribution in [0.25, 0.3) is 0 Å². The second-order valence-corrected chi connectivity index (χ2v) is 11.1. The summed E-state index contributed by atoms with van der Waals surface area (Å²) in [7, 11) is 0. The van der Waals surface area contributed by atoms with Gasteiger partial charge in [0.2, 0.25) is 11.8 Å². The highest BCUT2D eigenvalue weighted by Crippen LogP contribution is 2.24. The van der Waals surface area contributed by atoms with E-state index >= 15 is 0 Å². The molecular weight excluding hydrogens is 708 g/mol. The average molecular weight is 734 g/mol. The van der Waals surface area contributed by atoms with E-state index in [9.17, 15) is 19.2 Å². The molecule has 0 radical (unpaired) electrons. The first-order chi connectivity index (χ1) is 21.8. The molecule has 2 N–H and O–H groups in total. The summed E-state index contributed by atoms with van der Waals surface area (Å²) in [6.45, 7) is 0. The Morgan fingerprint density at radius 1 is 0.600 bits per heavy atom. The number of carbonyl (C=O) groups excluding carboxylic acids is 4. The number of benzene rings is 4. The van der Waals surface area contributed by atoms with Crippen LogP contribution in [-0.2, 0) is 9.59 Å². The molecule has 0 aliphatic carbocycles. The van der Waals surface area contributed by atoms with Gasteiger partial charge in [-0.05, 0) is 67.1 Å². The number of carbonyl (C=O) groups is 4. The number of nitrogens with one attached hydrogen (secondary N) is 2. The van der Waals surface area contributed by atoms with E-state index in [1.165, 1.54) is 12.4 Å². The van der Waals surface area contributed by atoms with Gasteiger partial charge in [0, 0.05) is 32.9 Å². The molecule has 0 saturated carbocycles. The molecule has 0 fully saturated rings. The lowest BCUT2D eigenvalue weighted by Crippen LogP contribution is -2.20. The molecule has 0 spiro atoms. The van der Waals surface area contributed by atoms with Crippen LogP contribution in [0.15, 0.2) is 116 Å². The maximum absolute atomic E-state index is 12.5. The Hall–Kier alpha value is -4.94. The van der Waals surface area contributed by atoms with Gasteiger partial charge in [-0.1, -0.05) is 68.3 Å². The van der Waals surface area contributed by atoms with Crippen LogP contribution < -0.4 is 20.3 Å². The standard InChI is InChI=1S/C33H26Br2N4O6/c34-26-14-16-28(44-32(42)22-8-3-1-4-9-22)24(18-26)20-36-38-30(40)12-7-13-31(41)39-37-21-25-19-27(35)15-17-29(25)45-33(43)23-10-5-2-6-11-23/h1-6,8-11,14-21H,7,12-13H2,(H,38,40)(H,39,41). The van der Waals surface area contributed by atoms with Gasteiger partial charge in [0.15, 0.2) is 0 Å². The summed E-state index contributed by atoms with van der Waals surface area (Å²) in [6.07, 6.45) is 3.05. The quantitative estimate of drug-likeness (QED) is 0.0747. The van der Waals surface area contributed by atoms with Gasteiger partial charge in [-0.2, -0.15) is 10.2 Å². The number of nitrogens with zero attached hydrogens (tertiary/aromatic N) is 2. The molecule has 4 aromatic carbocycles. The van der Waals surface area contributed by atoms with Gasteiger partial charge in [0.1, 0.15) is 11.5 Å². The first-order valence-corrected chi connectivity index (χ1v) is 15.1. The highest BCUT2D eigenvalue weighted by Gasteiger charge is 2.13. The van der Waals surface area contributed by atoms with E-state index < -0.39 is 23.8 Å². The van der Waals surface area contributed by atoms with E-state index in [4.69, 9.17) is 9.47 Å². The molecule has 0 unspecified atom stereocenters. The number of rotatable bonds is 12. The van der Waals surface area contributed by atoms with Gasteiger partial charge in [-0.25, -0.2) is 20.4 Å². The predicted octanol–water partition coefficient (Wildman–Crippen LogP) is 6.42. The molecule has 4 rings (SSSR count). The van der Waals surface area contributed by atoms with Gasteiger partial charge < -0.3 is 9.47 Å². The number of hydrazone groups is 2. The van der Waals surface area contributed by atoms with Crippen molar-refractivity contribution >= 4 is 68.0 Å². The molecule has 0 heterocycles. The maximum Gasteiger partial charge on any atom is 0.343 e. The largest absolute Gasteiger partial charge is 0.422 e. The number of halogens is 2. The number of ether oxygens (including phenoxy) is 2. The van der Waals surface area contributed by atoms with Crippen molar-refractivity contribution in [2.75, 3.05) is 0 Å². The molecule has 0 aliphatic rings. The zero-order chi connectivity index (χ0) is 32.0. The lowest BCUT2D eigenvalue weighted by molar-refractivity contribution is -0.122. The van der Waals surface area contributed by atoms with Gasteiger partial charge in [0.05, 0.1) is 23.6 Å². The molecule has 10 nitrogen and oxygen atoms in total. The summed E-state index contributed by atoms with van der Waals surface area (Å²) >= 11 is 6.75. The van der Waals surface area contributed by atoms with Crippen molar-refractivity contribution in [2.24, 2.45) is 10.2 Å². The topological polar surface area (TPSA) is 136 Å². The van der Waals surface area contributed by atoms with Crippen LogP contribution in [0.2, 0.25) is 0 Å². The van der Waals surface area contributed by atoms with Gasteiger partial charge in [-0.15, -0.1) is 0 Å². The summed E-state index contributed by atoms with van der Waals surface area (Å²) in [5.41, 5.74) is 6.54. The molecule has 0 atom stereocenters. The third kappa shape index (κ3) is 10.6.